The third kappa shape index (κ3) is 5.30. The lowest BCUT2D eigenvalue weighted by atomic mass is 10.1. The molecule has 3 nitrogen and oxygen atoms in total. The Bertz CT molecular complexity index is 90.3. The Labute approximate surface area is 54.6 Å². The summed E-state index contributed by atoms with van der Waals surface area (Å²) < 4.78 is 4.74. The van der Waals surface area contributed by atoms with E-state index in [-0.39, 0.29) is 12.3 Å². The molecule has 0 saturated carbocycles. The van der Waals surface area contributed by atoms with Crippen LogP contribution in [-0.4, -0.2) is 24.8 Å². The Morgan fingerprint density at radius 2 is 2.33 bits per heavy atom. The Morgan fingerprint density at radius 1 is 1.78 bits per heavy atom. The third-order valence-corrected chi connectivity index (χ3v) is 0.974. The molecule has 0 heterocycles. The molecule has 0 aliphatic carbocycles. The molecule has 9 heavy (non-hydrogen) atoms. The van der Waals surface area contributed by atoms with Crippen LogP contribution in [0, 0.1) is 5.92 Å². The molecule has 0 fully saturated rings. The van der Waals surface area contributed by atoms with Crippen LogP contribution in [0.4, 0.5) is 0 Å². The molecule has 3 heteroatoms. The van der Waals surface area contributed by atoms with Gasteiger partial charge in [0.25, 0.3) is 0 Å². The van der Waals surface area contributed by atoms with Crippen molar-refractivity contribution in [1.29, 1.82) is 0 Å². The zero-order chi connectivity index (χ0) is 7.28. The van der Waals surface area contributed by atoms with E-state index in [9.17, 15) is 4.79 Å². The van der Waals surface area contributed by atoms with E-state index in [1.807, 2.05) is 6.92 Å². The highest BCUT2D eigenvalue weighted by Gasteiger charge is 2.05. The van der Waals surface area contributed by atoms with Gasteiger partial charge in [-0.05, 0) is 5.92 Å². The number of ether oxygens (including phenoxy) is 1. The van der Waals surface area contributed by atoms with Gasteiger partial charge in [-0.1, -0.05) is 6.92 Å². The van der Waals surface area contributed by atoms with E-state index < -0.39 is 5.97 Å². The topological polar surface area (TPSA) is 46.5 Å². The monoisotopic (exact) mass is 132 g/mol. The van der Waals surface area contributed by atoms with Crippen LogP contribution in [0.1, 0.15) is 13.3 Å². The highest BCUT2D eigenvalue weighted by molar-refractivity contribution is 5.66. The van der Waals surface area contributed by atoms with Gasteiger partial charge in [0.15, 0.2) is 0 Å². The van der Waals surface area contributed by atoms with E-state index in [0.29, 0.717) is 6.61 Å². The fraction of sp³-hybridized carbons (Fsp3) is 0.833. The normalized spacial score (nSPS) is 13.1. The summed E-state index contributed by atoms with van der Waals surface area (Å²) in [6.07, 6.45) is 0.188. The number of hydrogen-bond donors (Lipinski definition) is 1. The largest absolute Gasteiger partial charge is 0.481 e. The lowest BCUT2D eigenvalue weighted by Crippen LogP contribution is -2.09. The predicted molar refractivity (Wildman–Crippen MR) is 33.3 cm³/mol. The predicted octanol–water partition coefficient (Wildman–Crippen LogP) is 0.744. The highest BCUT2D eigenvalue weighted by atomic mass is 16.5. The van der Waals surface area contributed by atoms with Crippen molar-refractivity contribution in [2.45, 2.75) is 13.3 Å². The van der Waals surface area contributed by atoms with Gasteiger partial charge in [-0.2, -0.15) is 0 Å². The maximum absolute atomic E-state index is 10.0. The second-order valence-electron chi connectivity index (χ2n) is 2.16. The second-order valence-corrected chi connectivity index (χ2v) is 2.16. The first-order valence-corrected chi connectivity index (χ1v) is 2.87. The fourth-order valence-corrected chi connectivity index (χ4v) is 0.642. The van der Waals surface area contributed by atoms with Crippen molar-refractivity contribution >= 4 is 5.97 Å². The van der Waals surface area contributed by atoms with E-state index in [1.54, 1.807) is 7.11 Å². The number of carboxylic acids is 1. The van der Waals surface area contributed by atoms with Crippen LogP contribution < -0.4 is 0 Å². The molecule has 0 amide bonds. The van der Waals surface area contributed by atoms with Crippen LogP contribution >= 0.6 is 0 Å². The minimum Gasteiger partial charge on any atom is -0.481 e. The minimum atomic E-state index is -0.764. The molecule has 0 aromatic heterocycles. The van der Waals surface area contributed by atoms with Gasteiger partial charge in [0.05, 0.1) is 6.42 Å². The van der Waals surface area contributed by atoms with Crippen molar-refractivity contribution < 1.29 is 14.6 Å². The number of aliphatic carboxylic acids is 1. The first kappa shape index (κ1) is 8.43. The van der Waals surface area contributed by atoms with Gasteiger partial charge in [-0.25, -0.2) is 0 Å². The van der Waals surface area contributed by atoms with Gasteiger partial charge < -0.3 is 9.84 Å². The van der Waals surface area contributed by atoms with Gasteiger partial charge >= 0.3 is 5.97 Å². The van der Waals surface area contributed by atoms with Crippen molar-refractivity contribution in [3.8, 4) is 0 Å². The zero-order valence-electron chi connectivity index (χ0n) is 5.76. The number of hydrogen-bond acceptors (Lipinski definition) is 2. The Hall–Kier alpha value is -0.570. The summed E-state index contributed by atoms with van der Waals surface area (Å²) in [5.41, 5.74) is 0. The number of methoxy groups -OCH3 is 1. The first-order chi connectivity index (χ1) is 4.16. The first-order valence-electron chi connectivity index (χ1n) is 2.87. The molecule has 0 saturated heterocycles. The summed E-state index contributed by atoms with van der Waals surface area (Å²) in [5.74, 6) is -0.646. The summed E-state index contributed by atoms with van der Waals surface area (Å²) >= 11 is 0. The average molecular weight is 132 g/mol. The molecule has 0 radical (unpaired) electrons. The van der Waals surface area contributed by atoms with E-state index >= 15 is 0 Å². The van der Waals surface area contributed by atoms with Crippen LogP contribution in [0.2, 0.25) is 0 Å². The highest BCUT2D eigenvalue weighted by Crippen LogP contribution is 2.00. The van der Waals surface area contributed by atoms with E-state index in [0.717, 1.165) is 0 Å². The number of rotatable bonds is 4. The molecular formula is C6H12O3. The fourth-order valence-electron chi connectivity index (χ4n) is 0.642. The standard InChI is InChI=1S/C6H12O3/c1-5(4-9-2)3-6(7)8/h5H,3-4H2,1-2H3,(H,7,8)/t5-/m1/s1. The summed E-state index contributed by atoms with van der Waals surface area (Å²) in [6.45, 7) is 2.37. The smallest absolute Gasteiger partial charge is 0.303 e. The lowest BCUT2D eigenvalue weighted by Gasteiger charge is -2.04. The molecule has 0 aromatic carbocycles. The maximum Gasteiger partial charge on any atom is 0.303 e. The average Bonchev–Trinajstić information content (AvgIpc) is 1.63. The molecular weight excluding hydrogens is 120 g/mol. The van der Waals surface area contributed by atoms with E-state index in [2.05, 4.69) is 0 Å². The molecule has 0 aliphatic rings. The summed E-state index contributed by atoms with van der Waals surface area (Å²) in [7, 11) is 1.57. The van der Waals surface area contributed by atoms with Crippen LogP contribution in [0.15, 0.2) is 0 Å². The minimum absolute atomic E-state index is 0.118. The van der Waals surface area contributed by atoms with Gasteiger partial charge in [-0.3, -0.25) is 4.79 Å². The van der Waals surface area contributed by atoms with Crippen molar-refractivity contribution in [2.24, 2.45) is 5.92 Å². The van der Waals surface area contributed by atoms with Gasteiger partial charge in [0, 0.05) is 13.7 Å². The molecule has 0 bridgehead atoms. The van der Waals surface area contributed by atoms with Crippen molar-refractivity contribution in [3.05, 3.63) is 0 Å². The van der Waals surface area contributed by atoms with Gasteiger partial charge in [0.2, 0.25) is 0 Å². The van der Waals surface area contributed by atoms with Crippen molar-refractivity contribution in [3.63, 3.8) is 0 Å². The van der Waals surface area contributed by atoms with Gasteiger partial charge in [0.1, 0.15) is 0 Å². The molecule has 0 unspecified atom stereocenters. The van der Waals surface area contributed by atoms with Crippen LogP contribution in [0.5, 0.6) is 0 Å². The molecule has 0 spiro atoms. The van der Waals surface area contributed by atoms with Crippen LogP contribution in [0.25, 0.3) is 0 Å². The molecule has 0 aromatic rings. The molecule has 0 rings (SSSR count). The van der Waals surface area contributed by atoms with E-state index in [4.69, 9.17) is 9.84 Å². The molecule has 0 aliphatic heterocycles. The summed E-state index contributed by atoms with van der Waals surface area (Å²) in [6, 6.07) is 0. The Kier molecular flexibility index (Phi) is 4.05. The summed E-state index contributed by atoms with van der Waals surface area (Å²) in [5, 5.41) is 8.25. The second kappa shape index (κ2) is 4.32. The molecule has 1 N–H and O–H groups in total. The number of carbonyl (C=O) groups is 1. The van der Waals surface area contributed by atoms with Crippen molar-refractivity contribution in [1.82, 2.24) is 0 Å². The molecule has 54 valence electrons. The Morgan fingerprint density at radius 3 is 2.67 bits per heavy atom. The summed E-state index contributed by atoms with van der Waals surface area (Å²) in [4.78, 5) is 10.0. The quantitative estimate of drug-likeness (QED) is 0.613. The van der Waals surface area contributed by atoms with E-state index in [1.165, 1.54) is 0 Å². The number of carboxylic acid groups (broad SMARTS) is 1. The SMILES string of the molecule is COC[C@H](C)CC(=O)O. The molecule has 1 atom stereocenters. The lowest BCUT2D eigenvalue weighted by molar-refractivity contribution is -0.138. The van der Waals surface area contributed by atoms with Crippen LogP contribution in [0.3, 0.4) is 0 Å². The maximum atomic E-state index is 10.0. The Balaban J connectivity index is 3.26. The zero-order valence-corrected chi connectivity index (χ0v) is 5.76. The third-order valence-electron chi connectivity index (χ3n) is 0.974. The van der Waals surface area contributed by atoms with Crippen molar-refractivity contribution in [2.75, 3.05) is 13.7 Å². The van der Waals surface area contributed by atoms with Crippen LogP contribution in [-0.2, 0) is 9.53 Å². The van der Waals surface area contributed by atoms with Gasteiger partial charge in [-0.15, -0.1) is 0 Å².